The van der Waals surface area contributed by atoms with Crippen molar-refractivity contribution in [1.82, 2.24) is 5.32 Å². The van der Waals surface area contributed by atoms with Gasteiger partial charge in [0.1, 0.15) is 11.6 Å². The van der Waals surface area contributed by atoms with Crippen LogP contribution in [0.15, 0.2) is 66.7 Å². The number of aryl methyl sites for hydroxylation is 1. The number of hydrogen-bond acceptors (Lipinski definition) is 4. The van der Waals surface area contributed by atoms with E-state index in [9.17, 15) is 18.7 Å². The Morgan fingerprint density at radius 3 is 2.22 bits per heavy atom. The van der Waals surface area contributed by atoms with Gasteiger partial charge >= 0.3 is 5.97 Å². The van der Waals surface area contributed by atoms with Crippen molar-refractivity contribution in [3.8, 4) is 0 Å². The summed E-state index contributed by atoms with van der Waals surface area (Å²) in [5.41, 5.74) is 3.99. The van der Waals surface area contributed by atoms with Gasteiger partial charge in [0.05, 0.1) is 12.1 Å². The van der Waals surface area contributed by atoms with Crippen LogP contribution in [0.1, 0.15) is 87.6 Å². The lowest BCUT2D eigenvalue weighted by Crippen LogP contribution is -2.48. The summed E-state index contributed by atoms with van der Waals surface area (Å²) in [7, 11) is 0. The Balaban J connectivity index is 1.58. The first-order chi connectivity index (χ1) is 19.4. The van der Waals surface area contributed by atoms with Gasteiger partial charge in [0.15, 0.2) is 0 Å². The van der Waals surface area contributed by atoms with Gasteiger partial charge < -0.3 is 20.8 Å². The van der Waals surface area contributed by atoms with E-state index in [4.69, 9.17) is 5.11 Å². The molecule has 1 unspecified atom stereocenters. The molecule has 1 aliphatic rings. The van der Waals surface area contributed by atoms with Crippen LogP contribution in [0.4, 0.5) is 14.5 Å². The van der Waals surface area contributed by atoms with Gasteiger partial charge in [-0.15, -0.1) is 0 Å². The van der Waals surface area contributed by atoms with Crippen molar-refractivity contribution < 1.29 is 23.8 Å². The zero-order valence-corrected chi connectivity index (χ0v) is 24.2. The van der Waals surface area contributed by atoms with Gasteiger partial charge in [0.25, 0.3) is 0 Å². The van der Waals surface area contributed by atoms with Gasteiger partial charge in [0, 0.05) is 30.3 Å². The summed E-state index contributed by atoms with van der Waals surface area (Å²) >= 11 is 0. The second-order valence-electron chi connectivity index (χ2n) is 12.3. The smallest absolute Gasteiger partial charge is 0.303 e. The number of aliphatic carboxylic acids is 1. The van der Waals surface area contributed by atoms with Gasteiger partial charge in [-0.05, 0) is 71.2 Å². The second-order valence-corrected chi connectivity index (χ2v) is 12.3. The SMILES string of the molecule is CC(C)(C)c1cccc(C2(NC[C@@H](O)C(Nc3ccc(CCC(=O)O)cc3)c3cc(F)cc(F)c3)CCCCC2)c1. The molecule has 4 N–H and O–H groups in total. The molecule has 0 saturated heterocycles. The minimum Gasteiger partial charge on any atom is -0.481 e. The summed E-state index contributed by atoms with van der Waals surface area (Å²) in [5, 5.41) is 27.5. The number of carbonyl (C=O) groups is 1. The molecular weight excluding hydrogens is 522 g/mol. The number of nitrogens with one attached hydrogen (secondary N) is 2. The molecule has 0 aromatic heterocycles. The van der Waals surface area contributed by atoms with E-state index in [1.807, 2.05) is 12.1 Å². The number of aliphatic hydroxyl groups is 1. The van der Waals surface area contributed by atoms with Crippen molar-refractivity contribution in [1.29, 1.82) is 0 Å². The zero-order valence-electron chi connectivity index (χ0n) is 24.2. The highest BCUT2D eigenvalue weighted by Crippen LogP contribution is 2.39. The first-order valence-electron chi connectivity index (χ1n) is 14.5. The molecule has 220 valence electrons. The maximum atomic E-state index is 14.3. The first kappa shape index (κ1) is 30.7. The maximum absolute atomic E-state index is 14.3. The van der Waals surface area contributed by atoms with Crippen LogP contribution in [0.2, 0.25) is 0 Å². The van der Waals surface area contributed by atoms with Crippen LogP contribution >= 0.6 is 0 Å². The van der Waals surface area contributed by atoms with Crippen molar-refractivity contribution in [2.75, 3.05) is 11.9 Å². The van der Waals surface area contributed by atoms with Gasteiger partial charge in [-0.1, -0.05) is 76.4 Å². The Hall–Kier alpha value is -3.29. The summed E-state index contributed by atoms with van der Waals surface area (Å²) in [4.78, 5) is 10.9. The molecule has 0 bridgehead atoms. The number of hydrogen-bond donors (Lipinski definition) is 4. The Bertz CT molecular complexity index is 1290. The molecule has 0 radical (unpaired) electrons. The average molecular weight is 565 g/mol. The topological polar surface area (TPSA) is 81.6 Å². The first-order valence-corrected chi connectivity index (χ1v) is 14.5. The van der Waals surface area contributed by atoms with E-state index in [1.165, 1.54) is 29.7 Å². The summed E-state index contributed by atoms with van der Waals surface area (Å²) in [6, 6.07) is 18.4. The second kappa shape index (κ2) is 13.1. The number of carboxylic acids is 1. The minimum atomic E-state index is -1.01. The molecule has 0 heterocycles. The maximum Gasteiger partial charge on any atom is 0.303 e. The van der Waals surface area contributed by atoms with Gasteiger partial charge in [-0.3, -0.25) is 4.79 Å². The van der Waals surface area contributed by atoms with Crippen LogP contribution in [0.25, 0.3) is 0 Å². The summed E-state index contributed by atoms with van der Waals surface area (Å²) in [6.07, 6.45) is 4.63. The number of rotatable bonds is 11. The third-order valence-electron chi connectivity index (χ3n) is 8.17. The standard InChI is InChI=1S/C34H42F2N2O3/c1-33(2,3)25-8-7-9-26(20-25)34(16-5-4-6-17-34)37-22-30(39)32(24-18-27(35)21-28(36)19-24)38-29-13-10-23(11-14-29)12-15-31(40)41/h7-11,13-14,18-21,30,32,37-39H,4-6,12,15-17,22H2,1-3H3,(H,40,41)/t30-,32?/m1/s1. The average Bonchev–Trinajstić information content (AvgIpc) is 2.93. The van der Waals surface area contributed by atoms with E-state index in [1.54, 1.807) is 12.1 Å². The fraction of sp³-hybridized carbons (Fsp3) is 0.441. The van der Waals surface area contributed by atoms with Crippen molar-refractivity contribution in [3.05, 3.63) is 101 Å². The fourth-order valence-electron chi connectivity index (χ4n) is 5.78. The molecular formula is C34H42F2N2O3. The predicted octanol–water partition coefficient (Wildman–Crippen LogP) is 7.24. The quantitative estimate of drug-likeness (QED) is 0.197. The van der Waals surface area contributed by atoms with E-state index in [2.05, 4.69) is 55.7 Å². The lowest BCUT2D eigenvalue weighted by molar-refractivity contribution is -0.136. The molecule has 7 heteroatoms. The highest BCUT2D eigenvalue weighted by molar-refractivity contribution is 5.67. The fourth-order valence-corrected chi connectivity index (χ4v) is 5.78. The van der Waals surface area contributed by atoms with E-state index in [0.29, 0.717) is 17.7 Å². The number of benzene rings is 3. The summed E-state index contributed by atoms with van der Waals surface area (Å²) in [6.45, 7) is 6.81. The Kier molecular flexibility index (Phi) is 9.82. The van der Waals surface area contributed by atoms with E-state index < -0.39 is 29.7 Å². The molecule has 3 aromatic rings. The minimum absolute atomic E-state index is 0.00499. The lowest BCUT2D eigenvalue weighted by Gasteiger charge is -2.41. The van der Waals surface area contributed by atoms with Crippen LogP contribution in [0.5, 0.6) is 0 Å². The van der Waals surface area contributed by atoms with E-state index >= 15 is 0 Å². The highest BCUT2D eigenvalue weighted by Gasteiger charge is 2.35. The molecule has 2 atom stereocenters. The third kappa shape index (κ3) is 8.14. The van der Waals surface area contributed by atoms with E-state index in [0.717, 1.165) is 37.3 Å². The van der Waals surface area contributed by atoms with Gasteiger partial charge in [-0.25, -0.2) is 8.78 Å². The van der Waals surface area contributed by atoms with Crippen molar-refractivity contribution >= 4 is 11.7 Å². The van der Waals surface area contributed by atoms with Gasteiger partial charge in [0.2, 0.25) is 0 Å². The number of carboxylic acid groups (broad SMARTS) is 1. The number of anilines is 1. The van der Waals surface area contributed by atoms with Crippen LogP contribution < -0.4 is 10.6 Å². The molecule has 1 saturated carbocycles. The number of aliphatic hydroxyl groups excluding tert-OH is 1. The van der Waals surface area contributed by atoms with Crippen molar-refractivity contribution in [3.63, 3.8) is 0 Å². The molecule has 3 aromatic carbocycles. The molecule has 0 amide bonds. The molecule has 4 rings (SSSR count). The molecule has 0 spiro atoms. The van der Waals surface area contributed by atoms with E-state index in [-0.39, 0.29) is 23.9 Å². The van der Waals surface area contributed by atoms with Crippen molar-refractivity contribution in [2.45, 2.75) is 88.8 Å². The number of halogens is 2. The van der Waals surface area contributed by atoms with Crippen LogP contribution in [0.3, 0.4) is 0 Å². The monoisotopic (exact) mass is 564 g/mol. The zero-order chi connectivity index (χ0) is 29.6. The van der Waals surface area contributed by atoms with Crippen molar-refractivity contribution in [2.24, 2.45) is 0 Å². The highest BCUT2D eigenvalue weighted by atomic mass is 19.1. The normalized spacial score (nSPS) is 16.6. The molecule has 0 aliphatic heterocycles. The van der Waals surface area contributed by atoms with Gasteiger partial charge in [-0.2, -0.15) is 0 Å². The molecule has 41 heavy (non-hydrogen) atoms. The third-order valence-corrected chi connectivity index (χ3v) is 8.17. The Labute approximate surface area is 242 Å². The largest absolute Gasteiger partial charge is 0.481 e. The molecule has 1 aliphatic carbocycles. The Morgan fingerprint density at radius 1 is 0.951 bits per heavy atom. The van der Waals surface area contributed by atoms with Crippen LogP contribution in [-0.2, 0) is 22.2 Å². The molecule has 5 nitrogen and oxygen atoms in total. The van der Waals surface area contributed by atoms with Crippen LogP contribution in [-0.4, -0.2) is 28.8 Å². The van der Waals surface area contributed by atoms with Crippen LogP contribution in [0, 0.1) is 11.6 Å². The summed E-state index contributed by atoms with van der Waals surface area (Å²) in [5.74, 6) is -2.28. The summed E-state index contributed by atoms with van der Waals surface area (Å²) < 4.78 is 28.5. The predicted molar refractivity (Wildman–Crippen MR) is 159 cm³/mol. The lowest BCUT2D eigenvalue weighted by atomic mass is 9.74. The molecule has 1 fully saturated rings. The Morgan fingerprint density at radius 2 is 1.61 bits per heavy atom.